The first-order valence-electron chi connectivity index (χ1n) is 8.40. The molecule has 0 unspecified atom stereocenters. The lowest BCUT2D eigenvalue weighted by atomic mass is 9.95. The minimum Gasteiger partial charge on any atom is -0.480 e. The van der Waals surface area contributed by atoms with E-state index in [1.165, 1.54) is 51.7 Å². The van der Waals surface area contributed by atoms with E-state index in [4.69, 9.17) is 0 Å². The molecule has 0 radical (unpaired) electrons. The number of piperidine rings is 1. The van der Waals surface area contributed by atoms with Gasteiger partial charge in [0.05, 0.1) is 0 Å². The zero-order valence-electron chi connectivity index (χ0n) is 12.9. The molecule has 2 heterocycles. The van der Waals surface area contributed by atoms with Crippen LogP contribution in [0.3, 0.4) is 0 Å². The molecule has 0 bridgehead atoms. The predicted molar refractivity (Wildman–Crippen MR) is 80.9 cm³/mol. The van der Waals surface area contributed by atoms with Crippen molar-refractivity contribution in [3.63, 3.8) is 0 Å². The number of carboxylic acid groups (broad SMARTS) is 1. The number of likely N-dealkylation sites (tertiary alicyclic amines) is 2. The fourth-order valence-corrected chi connectivity index (χ4v) is 3.80. The molecule has 0 amide bonds. The number of hydrogen-bond donors (Lipinski definition) is 1. The summed E-state index contributed by atoms with van der Waals surface area (Å²) >= 11 is 0. The molecule has 0 spiro atoms. The zero-order chi connectivity index (χ0) is 14.4. The highest BCUT2D eigenvalue weighted by molar-refractivity contribution is 5.73. The van der Waals surface area contributed by atoms with Gasteiger partial charge < -0.3 is 10.0 Å². The van der Waals surface area contributed by atoms with Crippen LogP contribution in [0.25, 0.3) is 0 Å². The summed E-state index contributed by atoms with van der Waals surface area (Å²) in [6.07, 6.45) is 8.57. The number of nitrogens with zero attached hydrogens (tertiary/aromatic N) is 2. The second kappa shape index (κ2) is 7.99. The van der Waals surface area contributed by atoms with Gasteiger partial charge in [0.15, 0.2) is 0 Å². The number of carboxylic acids is 1. The normalized spacial score (nSPS) is 27.9. The lowest BCUT2D eigenvalue weighted by Gasteiger charge is -2.38. The van der Waals surface area contributed by atoms with Crippen LogP contribution < -0.4 is 0 Å². The highest BCUT2D eigenvalue weighted by Gasteiger charge is 2.29. The van der Waals surface area contributed by atoms with Crippen LogP contribution >= 0.6 is 0 Å². The molecule has 1 N–H and O–H groups in total. The van der Waals surface area contributed by atoms with Crippen molar-refractivity contribution in [3.05, 3.63) is 0 Å². The van der Waals surface area contributed by atoms with Crippen LogP contribution in [0, 0.1) is 5.92 Å². The fourth-order valence-electron chi connectivity index (χ4n) is 3.80. The Labute approximate surface area is 123 Å². The van der Waals surface area contributed by atoms with Crippen LogP contribution in [0.15, 0.2) is 0 Å². The lowest BCUT2D eigenvalue weighted by Crippen LogP contribution is -2.48. The summed E-state index contributed by atoms with van der Waals surface area (Å²) in [6.45, 7) is 7.58. The Bertz CT molecular complexity index is 301. The van der Waals surface area contributed by atoms with E-state index in [-0.39, 0.29) is 6.04 Å². The van der Waals surface area contributed by atoms with Gasteiger partial charge in [-0.25, -0.2) is 0 Å². The largest absolute Gasteiger partial charge is 0.480 e. The Morgan fingerprint density at radius 1 is 1.15 bits per heavy atom. The van der Waals surface area contributed by atoms with Gasteiger partial charge in [-0.05, 0) is 57.7 Å². The lowest BCUT2D eigenvalue weighted by molar-refractivity contribution is -0.144. The van der Waals surface area contributed by atoms with E-state index < -0.39 is 5.97 Å². The molecule has 2 aliphatic rings. The number of rotatable bonds is 5. The zero-order valence-corrected chi connectivity index (χ0v) is 12.9. The van der Waals surface area contributed by atoms with E-state index in [0.29, 0.717) is 12.3 Å². The Hall–Kier alpha value is -0.610. The van der Waals surface area contributed by atoms with Gasteiger partial charge in [-0.15, -0.1) is 0 Å². The smallest absolute Gasteiger partial charge is 0.320 e. The van der Waals surface area contributed by atoms with Crippen molar-refractivity contribution in [1.82, 2.24) is 9.80 Å². The third-order valence-corrected chi connectivity index (χ3v) is 4.88. The number of hydrogen-bond acceptors (Lipinski definition) is 3. The van der Waals surface area contributed by atoms with Gasteiger partial charge in [0.25, 0.3) is 0 Å². The summed E-state index contributed by atoms with van der Waals surface area (Å²) in [6, 6.07) is -0.276. The molecule has 2 saturated heterocycles. The molecule has 0 saturated carbocycles. The summed E-state index contributed by atoms with van der Waals surface area (Å²) in [7, 11) is 0. The molecule has 4 nitrogen and oxygen atoms in total. The van der Waals surface area contributed by atoms with Gasteiger partial charge in [-0.3, -0.25) is 9.69 Å². The minimum atomic E-state index is -0.650. The molecule has 0 aromatic heterocycles. The van der Waals surface area contributed by atoms with Gasteiger partial charge in [-0.2, -0.15) is 0 Å². The molecule has 0 aromatic carbocycles. The molecule has 4 heteroatoms. The van der Waals surface area contributed by atoms with Crippen LogP contribution in [0.5, 0.6) is 0 Å². The molecule has 0 aromatic rings. The average molecular weight is 282 g/mol. The highest BCUT2D eigenvalue weighted by Crippen LogP contribution is 2.22. The van der Waals surface area contributed by atoms with Crippen molar-refractivity contribution in [2.45, 2.75) is 57.9 Å². The molecule has 2 rings (SSSR count). The van der Waals surface area contributed by atoms with Crippen molar-refractivity contribution in [2.24, 2.45) is 5.92 Å². The first kappa shape index (κ1) is 15.8. The van der Waals surface area contributed by atoms with E-state index in [2.05, 4.69) is 9.80 Å². The van der Waals surface area contributed by atoms with Gasteiger partial charge in [0.1, 0.15) is 6.04 Å². The molecule has 2 aliphatic heterocycles. The predicted octanol–water partition coefficient (Wildman–Crippen LogP) is 2.44. The summed E-state index contributed by atoms with van der Waals surface area (Å²) in [5.41, 5.74) is 0. The fraction of sp³-hybridized carbons (Fsp3) is 0.938. The molecular weight excluding hydrogens is 252 g/mol. The molecule has 2 atom stereocenters. The number of aliphatic carboxylic acids is 1. The molecule has 116 valence electrons. The Balaban J connectivity index is 1.84. The topological polar surface area (TPSA) is 43.8 Å². The highest BCUT2D eigenvalue weighted by atomic mass is 16.4. The van der Waals surface area contributed by atoms with Gasteiger partial charge in [0, 0.05) is 13.1 Å². The van der Waals surface area contributed by atoms with Gasteiger partial charge in [-0.1, -0.05) is 19.8 Å². The van der Waals surface area contributed by atoms with Crippen LogP contribution in [0.2, 0.25) is 0 Å². The minimum absolute atomic E-state index is 0.276. The van der Waals surface area contributed by atoms with E-state index in [1.807, 2.05) is 6.92 Å². The number of carbonyl (C=O) groups is 1. The Morgan fingerprint density at radius 2 is 1.85 bits per heavy atom. The van der Waals surface area contributed by atoms with Crippen LogP contribution in [-0.4, -0.2) is 59.6 Å². The first-order valence-corrected chi connectivity index (χ1v) is 8.40. The molecular formula is C16H30N2O2. The van der Waals surface area contributed by atoms with E-state index in [9.17, 15) is 9.90 Å². The quantitative estimate of drug-likeness (QED) is 0.841. The molecule has 20 heavy (non-hydrogen) atoms. The summed E-state index contributed by atoms with van der Waals surface area (Å²) in [5.74, 6) is 0.0122. The summed E-state index contributed by atoms with van der Waals surface area (Å²) in [5, 5.41) is 9.32. The van der Waals surface area contributed by atoms with E-state index >= 15 is 0 Å². The second-order valence-corrected chi connectivity index (χ2v) is 6.48. The van der Waals surface area contributed by atoms with Gasteiger partial charge >= 0.3 is 5.97 Å². The Morgan fingerprint density at radius 3 is 2.45 bits per heavy atom. The van der Waals surface area contributed by atoms with Crippen molar-refractivity contribution < 1.29 is 9.90 Å². The third kappa shape index (κ3) is 4.45. The second-order valence-electron chi connectivity index (χ2n) is 6.48. The summed E-state index contributed by atoms with van der Waals surface area (Å²) in [4.78, 5) is 16.1. The molecule has 0 aliphatic carbocycles. The van der Waals surface area contributed by atoms with Gasteiger partial charge in [0.2, 0.25) is 0 Å². The van der Waals surface area contributed by atoms with Crippen LogP contribution in [0.4, 0.5) is 0 Å². The Kier molecular flexibility index (Phi) is 6.30. The average Bonchev–Trinajstić information content (AvgIpc) is 2.68. The summed E-state index contributed by atoms with van der Waals surface area (Å²) < 4.78 is 0. The van der Waals surface area contributed by atoms with Crippen molar-refractivity contribution in [3.8, 4) is 0 Å². The standard InChI is InChI=1S/C16H30N2O2/c1-2-15(16(19)20)18-11-7-8-14(13-18)12-17-9-5-3-4-6-10-17/h14-15H,2-13H2,1H3,(H,19,20)/t14-,15+/m1/s1. The maximum atomic E-state index is 11.3. The van der Waals surface area contributed by atoms with E-state index in [0.717, 1.165) is 19.5 Å². The third-order valence-electron chi connectivity index (χ3n) is 4.88. The maximum absolute atomic E-state index is 11.3. The van der Waals surface area contributed by atoms with E-state index in [1.54, 1.807) is 0 Å². The van der Waals surface area contributed by atoms with Crippen LogP contribution in [-0.2, 0) is 4.79 Å². The van der Waals surface area contributed by atoms with Crippen LogP contribution in [0.1, 0.15) is 51.9 Å². The van der Waals surface area contributed by atoms with Crippen molar-refractivity contribution in [1.29, 1.82) is 0 Å². The van der Waals surface area contributed by atoms with Crippen molar-refractivity contribution >= 4 is 5.97 Å². The van der Waals surface area contributed by atoms with Crippen molar-refractivity contribution in [2.75, 3.05) is 32.7 Å². The molecule has 2 fully saturated rings. The maximum Gasteiger partial charge on any atom is 0.320 e. The monoisotopic (exact) mass is 282 g/mol. The first-order chi connectivity index (χ1) is 9.70. The SMILES string of the molecule is CC[C@@H](C(=O)O)N1CCC[C@H](CN2CCCCCC2)C1.